The molecule has 2 unspecified atom stereocenters. The molecule has 76 valence electrons. The minimum absolute atomic E-state index is 0.437. The van der Waals surface area contributed by atoms with Crippen LogP contribution in [0.25, 0.3) is 0 Å². The molecule has 0 bridgehead atoms. The first-order valence-electron chi connectivity index (χ1n) is 5.80. The van der Waals surface area contributed by atoms with Crippen molar-refractivity contribution in [3.63, 3.8) is 0 Å². The molecule has 2 aliphatic rings. The summed E-state index contributed by atoms with van der Waals surface area (Å²) in [4.78, 5) is 0. The summed E-state index contributed by atoms with van der Waals surface area (Å²) in [6.07, 6.45) is 8.71. The van der Waals surface area contributed by atoms with E-state index in [2.05, 4.69) is 13.8 Å². The van der Waals surface area contributed by atoms with Crippen LogP contribution in [0.2, 0.25) is 0 Å². The average molecular weight is 201 g/mol. The molecule has 0 N–H and O–H groups in total. The van der Waals surface area contributed by atoms with E-state index in [1.165, 1.54) is 38.5 Å². The van der Waals surface area contributed by atoms with Crippen LogP contribution >= 0.6 is 11.6 Å². The zero-order valence-corrected chi connectivity index (χ0v) is 9.61. The van der Waals surface area contributed by atoms with Crippen molar-refractivity contribution in [2.75, 3.05) is 0 Å². The highest BCUT2D eigenvalue weighted by Crippen LogP contribution is 2.60. The fourth-order valence-electron chi connectivity index (χ4n) is 3.38. The quantitative estimate of drug-likeness (QED) is 0.586. The molecule has 0 nitrogen and oxygen atoms in total. The van der Waals surface area contributed by atoms with Gasteiger partial charge >= 0.3 is 0 Å². The molecule has 13 heavy (non-hydrogen) atoms. The first kappa shape index (κ1) is 9.83. The summed E-state index contributed by atoms with van der Waals surface area (Å²) in [5, 5.41) is 0.437. The van der Waals surface area contributed by atoms with Gasteiger partial charge in [-0.2, -0.15) is 0 Å². The molecular weight excluding hydrogens is 180 g/mol. The SMILES string of the molecule is CC(C)C(Cl)C1CCC12CCCC2. The van der Waals surface area contributed by atoms with Crippen LogP contribution in [0.4, 0.5) is 0 Å². The average Bonchev–Trinajstić information content (AvgIpc) is 2.52. The molecule has 0 heterocycles. The number of halogens is 1. The second kappa shape index (κ2) is 3.46. The molecule has 0 amide bonds. The van der Waals surface area contributed by atoms with Crippen LogP contribution < -0.4 is 0 Å². The summed E-state index contributed by atoms with van der Waals surface area (Å²) in [7, 11) is 0. The van der Waals surface area contributed by atoms with Gasteiger partial charge in [0, 0.05) is 5.38 Å². The zero-order chi connectivity index (χ0) is 9.47. The van der Waals surface area contributed by atoms with E-state index in [4.69, 9.17) is 11.6 Å². The minimum Gasteiger partial charge on any atom is -0.122 e. The molecule has 0 radical (unpaired) electrons. The first-order valence-corrected chi connectivity index (χ1v) is 6.23. The Balaban J connectivity index is 2.00. The summed E-state index contributed by atoms with van der Waals surface area (Å²) < 4.78 is 0. The zero-order valence-electron chi connectivity index (χ0n) is 8.85. The number of rotatable bonds is 2. The maximum Gasteiger partial charge on any atom is 0.0392 e. The van der Waals surface area contributed by atoms with E-state index in [0.29, 0.717) is 16.7 Å². The lowest BCUT2D eigenvalue weighted by Gasteiger charge is -2.50. The Kier molecular flexibility index (Phi) is 2.61. The highest BCUT2D eigenvalue weighted by molar-refractivity contribution is 6.21. The van der Waals surface area contributed by atoms with E-state index in [-0.39, 0.29) is 0 Å². The number of alkyl halides is 1. The topological polar surface area (TPSA) is 0 Å². The van der Waals surface area contributed by atoms with Gasteiger partial charge in [0.1, 0.15) is 0 Å². The molecule has 0 aromatic rings. The fraction of sp³-hybridized carbons (Fsp3) is 1.00. The summed E-state index contributed by atoms with van der Waals surface area (Å²) in [5.41, 5.74) is 0.705. The molecule has 2 atom stereocenters. The van der Waals surface area contributed by atoms with Gasteiger partial charge in [-0.1, -0.05) is 26.7 Å². The van der Waals surface area contributed by atoms with Gasteiger partial charge < -0.3 is 0 Å². The third-order valence-electron chi connectivity index (χ3n) is 4.36. The molecule has 2 saturated carbocycles. The smallest absolute Gasteiger partial charge is 0.0392 e. The minimum atomic E-state index is 0.437. The second-order valence-corrected chi connectivity index (χ2v) is 5.91. The van der Waals surface area contributed by atoms with Gasteiger partial charge in [0.15, 0.2) is 0 Å². The molecule has 2 rings (SSSR count). The Labute approximate surface area is 87.0 Å². The van der Waals surface area contributed by atoms with Gasteiger partial charge in [-0.05, 0) is 42.9 Å². The molecule has 0 saturated heterocycles. The van der Waals surface area contributed by atoms with Crippen LogP contribution in [-0.4, -0.2) is 5.38 Å². The van der Waals surface area contributed by atoms with Crippen molar-refractivity contribution in [1.29, 1.82) is 0 Å². The van der Waals surface area contributed by atoms with Gasteiger partial charge in [0.25, 0.3) is 0 Å². The molecule has 0 aromatic heterocycles. The van der Waals surface area contributed by atoms with Crippen LogP contribution in [0.15, 0.2) is 0 Å². The molecule has 1 spiro atoms. The maximum atomic E-state index is 6.49. The van der Waals surface area contributed by atoms with Crippen LogP contribution in [-0.2, 0) is 0 Å². The highest BCUT2D eigenvalue weighted by atomic mass is 35.5. The van der Waals surface area contributed by atoms with Crippen molar-refractivity contribution in [2.45, 2.75) is 57.7 Å². The van der Waals surface area contributed by atoms with E-state index in [0.717, 1.165) is 5.92 Å². The Bertz CT molecular complexity index is 180. The third kappa shape index (κ3) is 1.52. The Hall–Kier alpha value is 0.290. The van der Waals surface area contributed by atoms with Crippen LogP contribution in [0.1, 0.15) is 52.4 Å². The predicted molar refractivity (Wildman–Crippen MR) is 58.1 cm³/mol. The standard InChI is InChI=1S/C12H21Cl/c1-9(2)11(13)10-5-8-12(10)6-3-4-7-12/h9-11H,3-8H2,1-2H3. The lowest BCUT2D eigenvalue weighted by molar-refractivity contribution is 0.0251. The Morgan fingerprint density at radius 2 is 1.77 bits per heavy atom. The molecule has 0 aromatic carbocycles. The lowest BCUT2D eigenvalue weighted by atomic mass is 9.57. The van der Waals surface area contributed by atoms with Crippen LogP contribution in [0.3, 0.4) is 0 Å². The molecule has 1 heteroatoms. The largest absolute Gasteiger partial charge is 0.122 e. The predicted octanol–water partition coefficient (Wildman–Crippen LogP) is 4.22. The van der Waals surface area contributed by atoms with E-state index in [1.54, 1.807) is 0 Å². The van der Waals surface area contributed by atoms with Crippen molar-refractivity contribution in [2.24, 2.45) is 17.3 Å². The van der Waals surface area contributed by atoms with Crippen molar-refractivity contribution in [1.82, 2.24) is 0 Å². The number of hydrogen-bond donors (Lipinski definition) is 0. The van der Waals surface area contributed by atoms with Gasteiger partial charge in [-0.15, -0.1) is 11.6 Å². The van der Waals surface area contributed by atoms with Crippen molar-refractivity contribution < 1.29 is 0 Å². The van der Waals surface area contributed by atoms with Gasteiger partial charge in [0.05, 0.1) is 0 Å². The summed E-state index contributed by atoms with van der Waals surface area (Å²) in [5.74, 6) is 1.50. The molecule has 0 aliphatic heterocycles. The van der Waals surface area contributed by atoms with Crippen LogP contribution in [0, 0.1) is 17.3 Å². The van der Waals surface area contributed by atoms with E-state index >= 15 is 0 Å². The van der Waals surface area contributed by atoms with Gasteiger partial charge in [-0.25, -0.2) is 0 Å². The monoisotopic (exact) mass is 200 g/mol. The second-order valence-electron chi connectivity index (χ2n) is 5.40. The highest BCUT2D eigenvalue weighted by Gasteiger charge is 2.50. The summed E-state index contributed by atoms with van der Waals surface area (Å²) >= 11 is 6.49. The maximum absolute atomic E-state index is 6.49. The van der Waals surface area contributed by atoms with Gasteiger partial charge in [0.2, 0.25) is 0 Å². The molecule has 2 fully saturated rings. The molecular formula is C12H21Cl. The summed E-state index contributed by atoms with van der Waals surface area (Å²) in [6.45, 7) is 4.53. The van der Waals surface area contributed by atoms with E-state index < -0.39 is 0 Å². The van der Waals surface area contributed by atoms with Gasteiger partial charge in [-0.3, -0.25) is 0 Å². The van der Waals surface area contributed by atoms with Crippen LogP contribution in [0.5, 0.6) is 0 Å². The Morgan fingerprint density at radius 1 is 1.15 bits per heavy atom. The van der Waals surface area contributed by atoms with Crippen molar-refractivity contribution >= 4 is 11.6 Å². The first-order chi connectivity index (χ1) is 6.16. The number of hydrogen-bond acceptors (Lipinski definition) is 0. The lowest BCUT2D eigenvalue weighted by Crippen LogP contribution is -2.44. The van der Waals surface area contributed by atoms with E-state index in [1.807, 2.05) is 0 Å². The normalized spacial score (nSPS) is 33.7. The third-order valence-corrected chi connectivity index (χ3v) is 5.17. The fourth-order valence-corrected chi connectivity index (χ4v) is 3.77. The van der Waals surface area contributed by atoms with Crippen molar-refractivity contribution in [3.8, 4) is 0 Å². The van der Waals surface area contributed by atoms with Crippen molar-refractivity contribution in [3.05, 3.63) is 0 Å². The van der Waals surface area contributed by atoms with E-state index in [9.17, 15) is 0 Å². The summed E-state index contributed by atoms with van der Waals surface area (Å²) in [6, 6.07) is 0. The Morgan fingerprint density at radius 3 is 2.15 bits per heavy atom. The molecule has 2 aliphatic carbocycles.